The van der Waals surface area contributed by atoms with Gasteiger partial charge in [0.05, 0.1) is 12.2 Å². The zero-order chi connectivity index (χ0) is 15.1. The van der Waals surface area contributed by atoms with Gasteiger partial charge in [-0.05, 0) is 24.8 Å². The van der Waals surface area contributed by atoms with E-state index in [0.717, 1.165) is 25.7 Å². The fourth-order valence-corrected chi connectivity index (χ4v) is 3.21. The van der Waals surface area contributed by atoms with E-state index in [1.54, 1.807) is 0 Å². The molecule has 0 radical (unpaired) electrons. The zero-order valence-electron chi connectivity index (χ0n) is 13.4. The fourth-order valence-electron chi connectivity index (χ4n) is 3.21. The highest BCUT2D eigenvalue weighted by molar-refractivity contribution is 5.14. The van der Waals surface area contributed by atoms with E-state index in [2.05, 4.69) is 31.2 Å². The average Bonchev–Trinajstić information content (AvgIpc) is 2.51. The first-order valence-corrected chi connectivity index (χ1v) is 8.54. The second kappa shape index (κ2) is 8.53. The molecule has 0 aromatic heterocycles. The summed E-state index contributed by atoms with van der Waals surface area (Å²) in [5.74, 6) is 0.0508. The van der Waals surface area contributed by atoms with E-state index in [4.69, 9.17) is 4.74 Å². The molecule has 2 rings (SSSR count). The summed E-state index contributed by atoms with van der Waals surface area (Å²) >= 11 is 0. The van der Waals surface area contributed by atoms with Crippen LogP contribution in [0.4, 0.5) is 4.39 Å². The van der Waals surface area contributed by atoms with Gasteiger partial charge in [0.2, 0.25) is 0 Å². The number of alkyl halides is 1. The van der Waals surface area contributed by atoms with E-state index in [1.807, 2.05) is 13.0 Å². The third kappa shape index (κ3) is 5.10. The maximum Gasteiger partial charge on any atom is 0.108 e. The van der Waals surface area contributed by atoms with Crippen LogP contribution in [-0.4, -0.2) is 18.4 Å². The van der Waals surface area contributed by atoms with Gasteiger partial charge in [0, 0.05) is 12.3 Å². The fraction of sp³-hybridized carbons (Fsp3) is 0.684. The molecule has 0 aliphatic carbocycles. The summed E-state index contributed by atoms with van der Waals surface area (Å²) in [4.78, 5) is 0. The second-order valence-electron chi connectivity index (χ2n) is 6.43. The van der Waals surface area contributed by atoms with Crippen LogP contribution in [0.2, 0.25) is 0 Å². The predicted octanol–water partition coefficient (Wildman–Crippen LogP) is 5.33. The lowest BCUT2D eigenvalue weighted by Crippen LogP contribution is -2.41. The van der Waals surface area contributed by atoms with Gasteiger partial charge in [0.1, 0.15) is 6.17 Å². The maximum absolute atomic E-state index is 14.2. The van der Waals surface area contributed by atoms with Crippen molar-refractivity contribution in [1.82, 2.24) is 0 Å². The number of hydrogen-bond donors (Lipinski definition) is 0. The summed E-state index contributed by atoms with van der Waals surface area (Å²) in [5.41, 5.74) is 1.32. The highest BCUT2D eigenvalue weighted by Gasteiger charge is 2.35. The van der Waals surface area contributed by atoms with Gasteiger partial charge in [0.25, 0.3) is 0 Å². The van der Waals surface area contributed by atoms with Crippen LogP contribution in [0.3, 0.4) is 0 Å². The molecule has 1 aromatic carbocycles. The van der Waals surface area contributed by atoms with Crippen LogP contribution in [0.25, 0.3) is 0 Å². The van der Waals surface area contributed by atoms with Crippen LogP contribution in [0, 0.1) is 5.92 Å². The topological polar surface area (TPSA) is 9.23 Å². The average molecular weight is 292 g/mol. The molecule has 118 valence electrons. The molecule has 1 nitrogen and oxygen atoms in total. The Hall–Kier alpha value is -0.890. The number of ether oxygens (including phenoxy) is 1. The van der Waals surface area contributed by atoms with Crippen LogP contribution < -0.4 is 0 Å². The molecule has 0 N–H and O–H groups in total. The Morgan fingerprint density at radius 2 is 1.90 bits per heavy atom. The predicted molar refractivity (Wildman–Crippen MR) is 86.2 cm³/mol. The molecular weight excluding hydrogens is 263 g/mol. The van der Waals surface area contributed by atoms with Crippen LogP contribution in [0.1, 0.15) is 57.9 Å². The Morgan fingerprint density at radius 3 is 2.62 bits per heavy atom. The molecule has 0 spiro atoms. The molecule has 4 atom stereocenters. The number of aryl methyl sites for hydroxylation is 1. The monoisotopic (exact) mass is 292 g/mol. The highest BCUT2D eigenvalue weighted by Crippen LogP contribution is 2.32. The Balaban J connectivity index is 1.82. The molecule has 1 saturated heterocycles. The Kier molecular flexibility index (Phi) is 6.69. The SMILES string of the molecule is CCCCC[C@@H]1O[C@H](CCc2ccccc2)C[C@H](F)[C@H]1C. The largest absolute Gasteiger partial charge is 0.374 e. The van der Waals surface area contributed by atoms with Crippen molar-refractivity contribution >= 4 is 0 Å². The molecule has 1 aliphatic rings. The van der Waals surface area contributed by atoms with E-state index < -0.39 is 6.17 Å². The summed E-state index contributed by atoms with van der Waals surface area (Å²) in [6.45, 7) is 4.21. The number of halogens is 1. The standard InChI is InChI=1S/C19H29FO/c1-3-4-6-11-19-15(2)18(20)14-17(21-19)13-12-16-9-7-5-8-10-16/h5,7-10,15,17-19H,3-4,6,11-14H2,1-2H3/t15-,17-,18+,19+/m1/s1. The van der Waals surface area contributed by atoms with Crippen molar-refractivity contribution < 1.29 is 9.13 Å². The summed E-state index contributed by atoms with van der Waals surface area (Å²) in [7, 11) is 0. The molecule has 0 amide bonds. The minimum atomic E-state index is -0.703. The van der Waals surface area contributed by atoms with Gasteiger partial charge >= 0.3 is 0 Å². The molecule has 2 heteroatoms. The lowest BCUT2D eigenvalue weighted by atomic mass is 9.87. The van der Waals surface area contributed by atoms with Crippen molar-refractivity contribution in [2.45, 2.75) is 77.2 Å². The Labute approximate surface area is 128 Å². The minimum absolute atomic E-state index is 0.0508. The van der Waals surface area contributed by atoms with Gasteiger partial charge in [-0.3, -0.25) is 0 Å². The van der Waals surface area contributed by atoms with Crippen molar-refractivity contribution in [2.75, 3.05) is 0 Å². The first-order chi connectivity index (χ1) is 10.2. The van der Waals surface area contributed by atoms with Crippen LogP contribution in [0.5, 0.6) is 0 Å². The van der Waals surface area contributed by atoms with Crippen molar-refractivity contribution in [1.29, 1.82) is 0 Å². The van der Waals surface area contributed by atoms with Crippen molar-refractivity contribution in [2.24, 2.45) is 5.92 Å². The van der Waals surface area contributed by atoms with E-state index in [0.29, 0.717) is 6.42 Å². The van der Waals surface area contributed by atoms with Gasteiger partial charge in [0.15, 0.2) is 0 Å². The maximum atomic E-state index is 14.2. The second-order valence-corrected chi connectivity index (χ2v) is 6.43. The van der Waals surface area contributed by atoms with E-state index in [1.165, 1.54) is 18.4 Å². The summed E-state index contributed by atoms with van der Waals surface area (Å²) in [6.07, 6.45) is 6.57. The van der Waals surface area contributed by atoms with E-state index >= 15 is 0 Å². The Bertz CT molecular complexity index is 392. The van der Waals surface area contributed by atoms with E-state index in [9.17, 15) is 4.39 Å². The third-order valence-electron chi connectivity index (χ3n) is 4.70. The highest BCUT2D eigenvalue weighted by atomic mass is 19.1. The summed E-state index contributed by atoms with van der Waals surface area (Å²) in [6, 6.07) is 10.4. The van der Waals surface area contributed by atoms with Crippen molar-refractivity contribution in [3.63, 3.8) is 0 Å². The summed E-state index contributed by atoms with van der Waals surface area (Å²) < 4.78 is 20.4. The van der Waals surface area contributed by atoms with Gasteiger partial charge in [-0.15, -0.1) is 0 Å². The molecule has 1 fully saturated rings. The van der Waals surface area contributed by atoms with E-state index in [-0.39, 0.29) is 18.1 Å². The molecule has 0 bridgehead atoms. The smallest absolute Gasteiger partial charge is 0.108 e. The minimum Gasteiger partial charge on any atom is -0.374 e. The van der Waals surface area contributed by atoms with Gasteiger partial charge in [-0.25, -0.2) is 4.39 Å². The van der Waals surface area contributed by atoms with Crippen molar-refractivity contribution in [3.8, 4) is 0 Å². The lowest BCUT2D eigenvalue weighted by molar-refractivity contribution is -0.116. The molecule has 1 heterocycles. The molecule has 1 aliphatic heterocycles. The van der Waals surface area contributed by atoms with Crippen LogP contribution in [-0.2, 0) is 11.2 Å². The molecule has 0 unspecified atom stereocenters. The number of unbranched alkanes of at least 4 members (excludes halogenated alkanes) is 2. The zero-order valence-corrected chi connectivity index (χ0v) is 13.4. The molecule has 21 heavy (non-hydrogen) atoms. The first kappa shape index (κ1) is 16.5. The van der Waals surface area contributed by atoms with Crippen LogP contribution in [0.15, 0.2) is 30.3 Å². The van der Waals surface area contributed by atoms with Crippen LogP contribution >= 0.6 is 0 Å². The number of benzene rings is 1. The van der Waals surface area contributed by atoms with Gasteiger partial charge in [-0.1, -0.05) is 63.4 Å². The van der Waals surface area contributed by atoms with Gasteiger partial charge in [-0.2, -0.15) is 0 Å². The molecule has 1 aromatic rings. The lowest BCUT2D eigenvalue weighted by Gasteiger charge is -2.37. The first-order valence-electron chi connectivity index (χ1n) is 8.54. The van der Waals surface area contributed by atoms with Gasteiger partial charge < -0.3 is 4.74 Å². The third-order valence-corrected chi connectivity index (χ3v) is 4.70. The quantitative estimate of drug-likeness (QED) is 0.617. The molecular formula is C19H29FO. The molecule has 0 saturated carbocycles. The summed E-state index contributed by atoms with van der Waals surface area (Å²) in [5, 5.41) is 0. The number of rotatable bonds is 7. The van der Waals surface area contributed by atoms with Crippen molar-refractivity contribution in [3.05, 3.63) is 35.9 Å². The number of hydrogen-bond acceptors (Lipinski definition) is 1. The Morgan fingerprint density at radius 1 is 1.14 bits per heavy atom. The normalized spacial score (nSPS) is 29.5.